The normalized spacial score (nSPS) is 20.2. The highest BCUT2D eigenvalue weighted by atomic mass is 35.5. The van der Waals surface area contributed by atoms with Gasteiger partial charge in [0.25, 0.3) is 5.91 Å². The number of amides is 1. The highest BCUT2D eigenvalue weighted by Gasteiger charge is 2.32. The molecule has 5 rings (SSSR count). The van der Waals surface area contributed by atoms with Crippen molar-refractivity contribution in [2.45, 2.75) is 44.6 Å². The van der Waals surface area contributed by atoms with Crippen molar-refractivity contribution >= 4 is 29.9 Å². The van der Waals surface area contributed by atoms with Gasteiger partial charge in [-0.25, -0.2) is 4.98 Å². The molecule has 156 valence electrons. The number of fused-ring (bicyclic) bond motifs is 1. The summed E-state index contributed by atoms with van der Waals surface area (Å²) in [5.74, 6) is 1.82. The van der Waals surface area contributed by atoms with Crippen molar-refractivity contribution in [1.29, 1.82) is 0 Å². The van der Waals surface area contributed by atoms with Crippen molar-refractivity contribution in [2.75, 3.05) is 26.2 Å². The Hall–Kier alpha value is -1.56. The highest BCUT2D eigenvalue weighted by Crippen LogP contribution is 2.34. The van der Waals surface area contributed by atoms with Gasteiger partial charge < -0.3 is 14.8 Å². The average Bonchev–Trinajstić information content (AvgIpc) is 3.04. The maximum absolute atomic E-state index is 12.9. The van der Waals surface area contributed by atoms with Gasteiger partial charge in [-0.3, -0.25) is 4.79 Å². The second-order valence-electron chi connectivity index (χ2n) is 8.42. The topological polar surface area (TPSA) is 50.2 Å². The second-order valence-corrected chi connectivity index (χ2v) is 8.78. The van der Waals surface area contributed by atoms with Crippen LogP contribution in [0, 0.1) is 5.92 Å². The van der Waals surface area contributed by atoms with Crippen LogP contribution in [0.2, 0.25) is 5.15 Å². The monoisotopic (exact) mass is 434 g/mol. The van der Waals surface area contributed by atoms with E-state index in [1.807, 2.05) is 9.47 Å². The number of imidazole rings is 1. The molecule has 1 aromatic carbocycles. The van der Waals surface area contributed by atoms with Crippen LogP contribution in [0.5, 0.6) is 0 Å². The Morgan fingerprint density at radius 2 is 1.79 bits per heavy atom. The molecule has 2 fully saturated rings. The first-order chi connectivity index (χ1) is 13.7. The van der Waals surface area contributed by atoms with Crippen LogP contribution in [-0.4, -0.2) is 46.5 Å². The number of halogens is 2. The summed E-state index contributed by atoms with van der Waals surface area (Å²) in [6, 6.07) is 8.71. The molecule has 1 saturated carbocycles. The first-order valence-corrected chi connectivity index (χ1v) is 10.9. The lowest BCUT2D eigenvalue weighted by Gasteiger charge is -2.34. The third-order valence-corrected chi connectivity index (χ3v) is 6.96. The molecule has 0 radical (unpaired) electrons. The summed E-state index contributed by atoms with van der Waals surface area (Å²) < 4.78 is 2.02. The number of piperidine rings is 1. The molecule has 7 heteroatoms. The molecule has 0 spiro atoms. The molecule has 3 heterocycles. The van der Waals surface area contributed by atoms with E-state index < -0.39 is 0 Å². The highest BCUT2D eigenvalue weighted by molar-refractivity contribution is 6.32. The van der Waals surface area contributed by atoms with Gasteiger partial charge in [0, 0.05) is 25.2 Å². The molecule has 0 unspecified atom stereocenters. The van der Waals surface area contributed by atoms with Gasteiger partial charge in [-0.05, 0) is 56.2 Å². The number of benzene rings is 1. The lowest BCUT2D eigenvalue weighted by atomic mass is 9.85. The molecule has 1 aliphatic carbocycles. The van der Waals surface area contributed by atoms with E-state index in [9.17, 15) is 4.79 Å². The third-order valence-electron chi connectivity index (χ3n) is 6.70. The number of hydrogen-bond acceptors (Lipinski definition) is 3. The minimum Gasteiger partial charge on any atom is -0.334 e. The van der Waals surface area contributed by atoms with Crippen molar-refractivity contribution in [3.05, 3.63) is 40.8 Å². The lowest BCUT2D eigenvalue weighted by Crippen LogP contribution is -2.44. The van der Waals surface area contributed by atoms with Crippen molar-refractivity contribution in [3.63, 3.8) is 0 Å². The van der Waals surface area contributed by atoms with Crippen molar-refractivity contribution in [1.82, 2.24) is 19.8 Å². The number of aromatic nitrogens is 2. The van der Waals surface area contributed by atoms with Crippen LogP contribution in [-0.2, 0) is 6.54 Å². The largest absolute Gasteiger partial charge is 0.334 e. The Morgan fingerprint density at radius 1 is 1.07 bits per heavy atom. The van der Waals surface area contributed by atoms with Gasteiger partial charge in [-0.2, -0.15) is 0 Å². The minimum atomic E-state index is 0. The number of nitrogens with zero attached hydrogens (tertiary/aromatic N) is 3. The van der Waals surface area contributed by atoms with Crippen LogP contribution < -0.4 is 5.32 Å². The van der Waals surface area contributed by atoms with Crippen LogP contribution in [0.1, 0.15) is 54.2 Å². The van der Waals surface area contributed by atoms with Crippen LogP contribution in [0.3, 0.4) is 0 Å². The van der Waals surface area contributed by atoms with Crippen LogP contribution >= 0.6 is 24.0 Å². The molecule has 0 atom stereocenters. The van der Waals surface area contributed by atoms with E-state index in [1.54, 1.807) is 0 Å². The van der Waals surface area contributed by atoms with E-state index in [1.165, 1.54) is 37.7 Å². The molecular formula is C22H28Cl2N4O. The number of hydrogen-bond donors (Lipinski definition) is 1. The molecule has 3 aliphatic rings. The molecule has 1 amide bonds. The third kappa shape index (κ3) is 3.92. The average molecular weight is 435 g/mol. The summed E-state index contributed by atoms with van der Waals surface area (Å²) in [5.41, 5.74) is 3.31. The zero-order valence-electron chi connectivity index (χ0n) is 16.6. The number of carbonyl (C=O) groups is 1. The molecule has 1 aromatic heterocycles. The summed E-state index contributed by atoms with van der Waals surface area (Å²) in [6.07, 6.45) is 6.16. The SMILES string of the molecule is Cl.O=C1c2nc(Cl)c(-c3ccc(C4CCNCC4)cc3)n2CCN1CC1CCC1. The van der Waals surface area contributed by atoms with E-state index in [2.05, 4.69) is 34.6 Å². The molecule has 0 bridgehead atoms. The van der Waals surface area contributed by atoms with Crippen molar-refractivity contribution < 1.29 is 4.79 Å². The van der Waals surface area contributed by atoms with Crippen molar-refractivity contribution in [3.8, 4) is 11.3 Å². The summed E-state index contributed by atoms with van der Waals surface area (Å²) in [6.45, 7) is 4.55. The predicted octanol–water partition coefficient (Wildman–Crippen LogP) is 4.35. The predicted molar refractivity (Wildman–Crippen MR) is 118 cm³/mol. The van der Waals surface area contributed by atoms with Gasteiger partial charge in [0.2, 0.25) is 5.82 Å². The molecule has 2 aromatic rings. The zero-order valence-corrected chi connectivity index (χ0v) is 18.1. The Bertz CT molecular complexity index is 870. The molecule has 29 heavy (non-hydrogen) atoms. The maximum atomic E-state index is 12.9. The molecule has 2 aliphatic heterocycles. The standard InChI is InChI=1S/C22H27ClN4O.ClH/c23-20-19(18-6-4-16(5-7-18)17-8-10-24-11-9-17)27-13-12-26(14-15-2-1-3-15)22(28)21(27)25-20;/h4-7,15,17,24H,1-3,8-14H2;1H. The second kappa shape index (κ2) is 8.66. The Morgan fingerprint density at radius 3 is 2.45 bits per heavy atom. The number of nitrogens with one attached hydrogen (secondary N) is 1. The van der Waals surface area contributed by atoms with Gasteiger partial charge in [-0.15, -0.1) is 12.4 Å². The lowest BCUT2D eigenvalue weighted by molar-refractivity contribution is 0.0632. The van der Waals surface area contributed by atoms with Gasteiger partial charge in [0.05, 0.1) is 5.69 Å². The first-order valence-electron chi connectivity index (χ1n) is 10.6. The summed E-state index contributed by atoms with van der Waals surface area (Å²) in [4.78, 5) is 19.3. The number of rotatable bonds is 4. The molecule has 1 saturated heterocycles. The van der Waals surface area contributed by atoms with E-state index in [0.717, 1.165) is 44.0 Å². The smallest absolute Gasteiger partial charge is 0.290 e. The van der Waals surface area contributed by atoms with E-state index in [-0.39, 0.29) is 18.3 Å². The fourth-order valence-corrected chi connectivity index (χ4v) is 5.06. The van der Waals surface area contributed by atoms with Crippen LogP contribution in [0.4, 0.5) is 0 Å². The van der Waals surface area contributed by atoms with Gasteiger partial charge in [0.15, 0.2) is 5.15 Å². The fourth-order valence-electron chi connectivity index (χ4n) is 4.77. The zero-order chi connectivity index (χ0) is 19.1. The molecule has 5 nitrogen and oxygen atoms in total. The summed E-state index contributed by atoms with van der Waals surface area (Å²) >= 11 is 6.50. The van der Waals surface area contributed by atoms with Crippen LogP contribution in [0.25, 0.3) is 11.3 Å². The summed E-state index contributed by atoms with van der Waals surface area (Å²) in [5, 5.41) is 3.86. The quantitative estimate of drug-likeness (QED) is 0.777. The minimum absolute atomic E-state index is 0. The maximum Gasteiger partial charge on any atom is 0.290 e. The molecule has 1 N–H and O–H groups in total. The van der Waals surface area contributed by atoms with Gasteiger partial charge in [-0.1, -0.05) is 42.3 Å². The van der Waals surface area contributed by atoms with E-state index >= 15 is 0 Å². The van der Waals surface area contributed by atoms with E-state index in [0.29, 0.717) is 22.8 Å². The molecular weight excluding hydrogens is 407 g/mol. The Kier molecular flexibility index (Phi) is 6.19. The van der Waals surface area contributed by atoms with Gasteiger partial charge >= 0.3 is 0 Å². The van der Waals surface area contributed by atoms with Crippen LogP contribution in [0.15, 0.2) is 24.3 Å². The Balaban J connectivity index is 0.00000205. The number of carbonyl (C=O) groups excluding carboxylic acids is 1. The van der Waals surface area contributed by atoms with Crippen molar-refractivity contribution in [2.24, 2.45) is 5.92 Å². The summed E-state index contributed by atoms with van der Waals surface area (Å²) in [7, 11) is 0. The van der Waals surface area contributed by atoms with E-state index in [4.69, 9.17) is 11.6 Å². The first kappa shape index (κ1) is 20.7. The Labute approximate surface area is 183 Å². The fraction of sp³-hybridized carbons (Fsp3) is 0.545. The van der Waals surface area contributed by atoms with Gasteiger partial charge in [0.1, 0.15) is 0 Å².